The number of carbonyl (C=O) groups is 4. The van der Waals surface area contributed by atoms with E-state index in [0.29, 0.717) is 69.6 Å². The van der Waals surface area contributed by atoms with Crippen LogP contribution in [0.15, 0.2) is 107 Å². The lowest BCUT2D eigenvalue weighted by molar-refractivity contribution is -0.131. The molecule has 0 atom stereocenters. The standard InChI is InChI=1S/C25H31N3O5S.C19H20ClNO4S.C6H12N2O.C6H15N/c1-20(29)27-12-10-26(11-13-27)19-22-2-6-23(7-3-22)25(30)18-21-4-8-24(9-5-21)34(31,32)28-14-16-33-17-15-28;20-14-16-1-5-17(6-2-16)19(22)13-15-3-7-18(8-4-15)26(23,24)21-9-11-25-12-10-21;1-6(9)8-4-2-7-3-5-8;1-4-7(5-2)6-3/h2-9H,10-19H2,1H3;1-8H,9-14H2;7H,2-5H2,1H3;4-6H2,1-3H3. The van der Waals surface area contributed by atoms with Crippen molar-refractivity contribution in [2.75, 3.05) is 125 Å². The van der Waals surface area contributed by atoms with Gasteiger partial charge in [0.2, 0.25) is 31.9 Å². The van der Waals surface area contributed by atoms with Crippen molar-refractivity contribution >= 4 is 55.0 Å². The van der Waals surface area contributed by atoms with E-state index in [-0.39, 0.29) is 46.0 Å². The monoisotopic (exact) mass is 1110 g/mol. The van der Waals surface area contributed by atoms with Gasteiger partial charge in [0.15, 0.2) is 11.6 Å². The van der Waals surface area contributed by atoms with Crippen LogP contribution in [0.1, 0.15) is 77.6 Å². The normalized spacial score (nSPS) is 16.8. The van der Waals surface area contributed by atoms with Gasteiger partial charge in [0.05, 0.1) is 36.2 Å². The highest BCUT2D eigenvalue weighted by molar-refractivity contribution is 7.89. The number of halogens is 1. The van der Waals surface area contributed by atoms with Crippen LogP contribution in [0.5, 0.6) is 0 Å². The van der Waals surface area contributed by atoms with Crippen molar-refractivity contribution in [2.24, 2.45) is 0 Å². The molecule has 4 aromatic rings. The third-order valence-corrected chi connectivity index (χ3v) is 17.8. The van der Waals surface area contributed by atoms with Crippen LogP contribution < -0.4 is 5.32 Å². The third kappa shape index (κ3) is 19.2. The van der Waals surface area contributed by atoms with E-state index in [0.717, 1.165) is 81.2 Å². The van der Waals surface area contributed by atoms with Crippen LogP contribution in [0.25, 0.3) is 0 Å². The van der Waals surface area contributed by atoms with Crippen molar-refractivity contribution in [3.05, 3.63) is 130 Å². The second kappa shape index (κ2) is 31.5. The predicted molar refractivity (Wildman–Crippen MR) is 297 cm³/mol. The predicted octanol–water partition coefficient (Wildman–Crippen LogP) is 5.45. The van der Waals surface area contributed by atoms with E-state index in [1.54, 1.807) is 74.5 Å². The summed E-state index contributed by atoms with van der Waals surface area (Å²) in [6, 6.07) is 27.9. The van der Waals surface area contributed by atoms with Crippen LogP contribution in [0.3, 0.4) is 0 Å². The minimum atomic E-state index is -3.54. The molecule has 4 aliphatic heterocycles. The van der Waals surface area contributed by atoms with E-state index in [1.165, 1.54) is 28.2 Å². The number of amides is 2. The molecule has 0 saturated carbocycles. The summed E-state index contributed by atoms with van der Waals surface area (Å²) in [4.78, 5) is 56.2. The molecule has 8 rings (SSSR count). The second-order valence-corrected chi connectivity index (χ2v) is 22.8. The number of carbonyl (C=O) groups excluding carboxylic acids is 4. The van der Waals surface area contributed by atoms with Crippen LogP contribution in [-0.2, 0) is 64.4 Å². The zero-order valence-electron chi connectivity index (χ0n) is 45.0. The Hall–Kier alpha value is -4.93. The van der Waals surface area contributed by atoms with Gasteiger partial charge < -0.3 is 29.5 Å². The number of rotatable bonds is 16. The van der Waals surface area contributed by atoms with E-state index in [9.17, 15) is 36.0 Å². The highest BCUT2D eigenvalue weighted by Gasteiger charge is 2.28. The van der Waals surface area contributed by atoms with E-state index in [4.69, 9.17) is 21.1 Å². The summed E-state index contributed by atoms with van der Waals surface area (Å²) < 4.78 is 64.0. The Bertz CT molecular complexity index is 2640. The zero-order chi connectivity index (χ0) is 55.1. The molecule has 76 heavy (non-hydrogen) atoms. The van der Waals surface area contributed by atoms with Crippen molar-refractivity contribution in [2.45, 2.75) is 69.7 Å². The summed E-state index contributed by atoms with van der Waals surface area (Å²) in [6.07, 6.45) is 0.433. The number of nitrogens with one attached hydrogen (secondary N) is 1. The summed E-state index contributed by atoms with van der Waals surface area (Å²) in [6.45, 7) is 24.0. The largest absolute Gasteiger partial charge is 0.379 e. The molecule has 2 amide bonds. The Morgan fingerprint density at radius 1 is 0.500 bits per heavy atom. The molecule has 17 nitrogen and oxygen atoms in total. The molecule has 4 fully saturated rings. The zero-order valence-corrected chi connectivity index (χ0v) is 47.4. The molecule has 4 aliphatic rings. The molecule has 20 heteroatoms. The van der Waals surface area contributed by atoms with Gasteiger partial charge in [0, 0.05) is 129 Å². The Morgan fingerprint density at radius 3 is 1.18 bits per heavy atom. The van der Waals surface area contributed by atoms with Crippen LogP contribution in [0.4, 0.5) is 0 Å². The maximum absolute atomic E-state index is 12.8. The quantitative estimate of drug-likeness (QED) is 0.110. The third-order valence-electron chi connectivity index (χ3n) is 13.6. The van der Waals surface area contributed by atoms with Crippen molar-refractivity contribution < 1.29 is 45.5 Å². The summed E-state index contributed by atoms with van der Waals surface area (Å²) in [5.41, 5.74) is 4.89. The van der Waals surface area contributed by atoms with Gasteiger partial charge in [-0.05, 0) is 66.2 Å². The molecule has 0 radical (unpaired) electrons. The van der Waals surface area contributed by atoms with Crippen molar-refractivity contribution in [3.63, 3.8) is 0 Å². The topological polar surface area (TPSA) is 186 Å². The molecular weight excluding hydrogens is 1030 g/mol. The van der Waals surface area contributed by atoms with Crippen molar-refractivity contribution in [1.82, 2.24) is 33.5 Å². The van der Waals surface area contributed by atoms with Crippen LogP contribution in [0.2, 0.25) is 0 Å². The Kier molecular flexibility index (Phi) is 25.6. The number of hydrogen-bond donors (Lipinski definition) is 1. The van der Waals surface area contributed by atoms with E-state index < -0.39 is 20.0 Å². The number of ketones is 2. The average molecular weight is 1110 g/mol. The maximum Gasteiger partial charge on any atom is 0.243 e. The lowest BCUT2D eigenvalue weighted by atomic mass is 10.0. The van der Waals surface area contributed by atoms with Gasteiger partial charge in [-0.2, -0.15) is 8.61 Å². The minimum absolute atomic E-state index is 0.00888. The van der Waals surface area contributed by atoms with E-state index in [2.05, 4.69) is 35.9 Å². The highest BCUT2D eigenvalue weighted by atomic mass is 35.5. The first-order valence-electron chi connectivity index (χ1n) is 26.3. The molecule has 0 unspecified atom stereocenters. The number of piperazine rings is 2. The van der Waals surface area contributed by atoms with Crippen LogP contribution in [-0.4, -0.2) is 193 Å². The van der Waals surface area contributed by atoms with Gasteiger partial charge in [-0.3, -0.25) is 24.1 Å². The van der Waals surface area contributed by atoms with Gasteiger partial charge in [0.25, 0.3) is 0 Å². The van der Waals surface area contributed by atoms with Crippen molar-refractivity contribution in [1.29, 1.82) is 0 Å². The second-order valence-electron chi connectivity index (χ2n) is 18.7. The van der Waals surface area contributed by atoms with Gasteiger partial charge in [-0.1, -0.05) is 93.6 Å². The van der Waals surface area contributed by atoms with E-state index >= 15 is 0 Å². The number of ether oxygens (including phenoxy) is 2. The number of Topliss-reactive ketones (excluding diaryl/α,β-unsaturated/α-hetero) is 2. The van der Waals surface area contributed by atoms with Gasteiger partial charge in [0.1, 0.15) is 0 Å². The first-order valence-corrected chi connectivity index (χ1v) is 29.7. The Morgan fingerprint density at radius 2 is 0.855 bits per heavy atom. The number of morpholine rings is 2. The number of sulfonamides is 2. The smallest absolute Gasteiger partial charge is 0.243 e. The number of nitrogens with zero attached hydrogens (tertiary/aromatic N) is 6. The van der Waals surface area contributed by atoms with Gasteiger partial charge in [-0.25, -0.2) is 16.8 Å². The fourth-order valence-electron chi connectivity index (χ4n) is 8.71. The summed E-state index contributed by atoms with van der Waals surface area (Å²) >= 11 is 5.75. The SMILES string of the molecule is CC(=O)N1CCN(Cc2ccc(C(=O)Cc3ccc(S(=O)(=O)N4CCOCC4)cc3)cc2)CC1.CC(=O)N1CCNCC1.CCN(CC)CC.O=C(Cc1ccc(S(=O)(=O)N2CCOCC2)cc1)c1ccc(CCl)cc1. The van der Waals surface area contributed by atoms with Gasteiger partial charge in [-0.15, -0.1) is 11.6 Å². The average Bonchev–Trinajstić information content (AvgIpc) is 3.45. The first kappa shape index (κ1) is 61.9. The lowest BCUT2D eigenvalue weighted by Crippen LogP contribution is -2.47. The minimum Gasteiger partial charge on any atom is -0.379 e. The highest BCUT2D eigenvalue weighted by Crippen LogP contribution is 2.21. The van der Waals surface area contributed by atoms with E-state index in [1.807, 2.05) is 46.2 Å². The number of alkyl halides is 1. The molecule has 4 saturated heterocycles. The number of hydrogen-bond acceptors (Lipinski definition) is 13. The molecular formula is C56H78ClN7O10S2. The molecule has 0 bridgehead atoms. The fourth-order valence-corrected chi connectivity index (χ4v) is 11.7. The van der Waals surface area contributed by atoms with Crippen LogP contribution in [0, 0.1) is 0 Å². The molecule has 416 valence electrons. The number of benzene rings is 4. The molecule has 1 N–H and O–H groups in total. The first-order chi connectivity index (χ1) is 36.5. The fraction of sp³-hybridized carbons (Fsp3) is 0.500. The summed E-state index contributed by atoms with van der Waals surface area (Å²) in [5, 5.41) is 3.18. The molecule has 0 aliphatic carbocycles. The molecule has 0 spiro atoms. The summed E-state index contributed by atoms with van der Waals surface area (Å²) in [7, 11) is -7.05. The lowest BCUT2D eigenvalue weighted by Gasteiger charge is -2.34. The molecule has 4 aromatic carbocycles. The summed E-state index contributed by atoms with van der Waals surface area (Å²) in [5.74, 6) is 0.695. The Labute approximate surface area is 456 Å². The molecule has 0 aromatic heterocycles. The van der Waals surface area contributed by atoms with Crippen LogP contribution >= 0.6 is 11.6 Å². The molecule has 4 heterocycles. The van der Waals surface area contributed by atoms with Crippen molar-refractivity contribution in [3.8, 4) is 0 Å². The Balaban J connectivity index is 0.000000222. The van der Waals surface area contributed by atoms with Gasteiger partial charge >= 0.3 is 0 Å². The maximum atomic E-state index is 12.8.